The first-order valence-electron chi connectivity index (χ1n) is 9.07. The molecular formula is C21H25NO3. The minimum Gasteiger partial charge on any atom is -0.456 e. The summed E-state index contributed by atoms with van der Waals surface area (Å²) in [5.41, 5.74) is 2.47. The van der Waals surface area contributed by atoms with E-state index in [1.54, 1.807) is 0 Å². The number of hydrogen-bond acceptors (Lipinski definition) is 4. The molecule has 132 valence electrons. The third kappa shape index (κ3) is 4.32. The van der Waals surface area contributed by atoms with Crippen LogP contribution in [0, 0.1) is 0 Å². The zero-order valence-electron chi connectivity index (χ0n) is 15.0. The van der Waals surface area contributed by atoms with E-state index >= 15 is 0 Å². The molecule has 0 radical (unpaired) electrons. The van der Waals surface area contributed by atoms with Crippen LogP contribution in [-0.4, -0.2) is 19.3 Å². The van der Waals surface area contributed by atoms with Crippen LogP contribution < -0.4 is 0 Å². The van der Waals surface area contributed by atoms with Gasteiger partial charge in [0.15, 0.2) is 0 Å². The van der Waals surface area contributed by atoms with Gasteiger partial charge in [0.05, 0.1) is 18.9 Å². The first-order chi connectivity index (χ1) is 12.3. The van der Waals surface area contributed by atoms with E-state index in [-0.39, 0.29) is 0 Å². The number of nitrogens with zero attached hydrogens (tertiary/aromatic N) is 1. The summed E-state index contributed by atoms with van der Waals surface area (Å²) in [6.45, 7) is 5.28. The Morgan fingerprint density at radius 1 is 0.920 bits per heavy atom. The van der Waals surface area contributed by atoms with Crippen molar-refractivity contribution in [2.45, 2.75) is 39.5 Å². The second kappa shape index (κ2) is 8.56. The van der Waals surface area contributed by atoms with Crippen LogP contribution in [0.15, 0.2) is 51.9 Å². The van der Waals surface area contributed by atoms with Gasteiger partial charge in [-0.3, -0.25) is 0 Å². The fourth-order valence-electron chi connectivity index (χ4n) is 2.81. The topological polar surface area (TPSA) is 44.0 Å². The number of aliphatic imine (C=N–C) groups is 1. The summed E-state index contributed by atoms with van der Waals surface area (Å²) in [5, 5.41) is 2.21. The van der Waals surface area contributed by atoms with Crippen molar-refractivity contribution < 1.29 is 13.9 Å². The van der Waals surface area contributed by atoms with Crippen molar-refractivity contribution in [2.24, 2.45) is 4.99 Å². The lowest BCUT2D eigenvalue weighted by Gasteiger charge is -2.09. The maximum absolute atomic E-state index is 5.91. The van der Waals surface area contributed by atoms with Gasteiger partial charge >= 0.3 is 6.08 Å². The van der Waals surface area contributed by atoms with Crippen LogP contribution in [0.25, 0.3) is 21.9 Å². The van der Waals surface area contributed by atoms with Crippen molar-refractivity contribution in [1.82, 2.24) is 0 Å². The molecule has 1 heterocycles. The SMILES string of the molecule is CCCCCCOC(=Nc1ccc2c(c1)oc1ccccc12)OCC. The molecule has 4 nitrogen and oxygen atoms in total. The fourth-order valence-corrected chi connectivity index (χ4v) is 2.81. The number of benzene rings is 2. The van der Waals surface area contributed by atoms with Crippen molar-refractivity contribution in [3.8, 4) is 0 Å². The van der Waals surface area contributed by atoms with Crippen LogP contribution >= 0.6 is 0 Å². The van der Waals surface area contributed by atoms with Gasteiger partial charge in [-0.2, -0.15) is 4.99 Å². The van der Waals surface area contributed by atoms with E-state index in [0.717, 1.165) is 34.0 Å². The number of furan rings is 1. The molecule has 3 rings (SSSR count). The molecule has 0 aliphatic heterocycles. The van der Waals surface area contributed by atoms with Gasteiger partial charge in [-0.1, -0.05) is 44.4 Å². The van der Waals surface area contributed by atoms with Crippen molar-refractivity contribution in [3.05, 3.63) is 42.5 Å². The number of rotatable bonds is 7. The summed E-state index contributed by atoms with van der Waals surface area (Å²) in [5.74, 6) is 0. The van der Waals surface area contributed by atoms with Gasteiger partial charge in [-0.05, 0) is 31.5 Å². The molecule has 0 unspecified atom stereocenters. The molecule has 0 N–H and O–H groups in total. The zero-order chi connectivity index (χ0) is 17.5. The Balaban J connectivity index is 1.77. The average Bonchev–Trinajstić information content (AvgIpc) is 2.99. The highest BCUT2D eigenvalue weighted by molar-refractivity contribution is 6.05. The normalized spacial score (nSPS) is 12.0. The molecular weight excluding hydrogens is 314 g/mol. The van der Waals surface area contributed by atoms with Crippen LogP contribution in [-0.2, 0) is 9.47 Å². The molecule has 0 atom stereocenters. The predicted octanol–water partition coefficient (Wildman–Crippen LogP) is 6.21. The Hall–Kier alpha value is -2.49. The van der Waals surface area contributed by atoms with E-state index in [1.807, 2.05) is 43.3 Å². The molecule has 0 saturated heterocycles. The van der Waals surface area contributed by atoms with E-state index in [9.17, 15) is 0 Å². The van der Waals surface area contributed by atoms with Crippen LogP contribution in [0.5, 0.6) is 0 Å². The lowest BCUT2D eigenvalue weighted by atomic mass is 10.1. The van der Waals surface area contributed by atoms with Crippen LogP contribution in [0.3, 0.4) is 0 Å². The first-order valence-corrected chi connectivity index (χ1v) is 9.07. The van der Waals surface area contributed by atoms with Crippen molar-refractivity contribution in [2.75, 3.05) is 13.2 Å². The Morgan fingerprint density at radius 3 is 2.60 bits per heavy atom. The Labute approximate surface area is 148 Å². The summed E-state index contributed by atoms with van der Waals surface area (Å²) in [7, 11) is 0. The lowest BCUT2D eigenvalue weighted by Crippen LogP contribution is -2.10. The fraction of sp³-hybridized carbons (Fsp3) is 0.381. The second-order valence-electron chi connectivity index (χ2n) is 6.00. The summed E-state index contributed by atoms with van der Waals surface area (Å²) in [6.07, 6.45) is 4.95. The molecule has 0 aliphatic rings. The summed E-state index contributed by atoms with van der Waals surface area (Å²) >= 11 is 0. The lowest BCUT2D eigenvalue weighted by molar-refractivity contribution is 0.170. The average molecular weight is 339 g/mol. The van der Waals surface area contributed by atoms with E-state index in [0.29, 0.717) is 19.3 Å². The minimum atomic E-state index is 0.328. The zero-order valence-corrected chi connectivity index (χ0v) is 15.0. The standard InChI is InChI=1S/C21H25NO3/c1-3-5-6-9-14-24-21(23-4-2)22-16-12-13-18-17-10-7-8-11-19(17)25-20(18)15-16/h7-8,10-13,15H,3-6,9,14H2,1-2H3. The molecule has 25 heavy (non-hydrogen) atoms. The molecule has 3 aromatic rings. The van der Waals surface area contributed by atoms with Gasteiger partial charge in [-0.15, -0.1) is 0 Å². The molecule has 0 fully saturated rings. The second-order valence-corrected chi connectivity index (χ2v) is 6.00. The van der Waals surface area contributed by atoms with Gasteiger partial charge < -0.3 is 13.9 Å². The third-order valence-corrected chi connectivity index (χ3v) is 4.07. The van der Waals surface area contributed by atoms with Gasteiger partial charge in [0.25, 0.3) is 0 Å². The van der Waals surface area contributed by atoms with Gasteiger partial charge in [0.1, 0.15) is 11.2 Å². The van der Waals surface area contributed by atoms with Crippen LogP contribution in [0.4, 0.5) is 5.69 Å². The van der Waals surface area contributed by atoms with E-state index in [2.05, 4.69) is 18.0 Å². The van der Waals surface area contributed by atoms with Gasteiger partial charge in [0, 0.05) is 16.8 Å². The van der Waals surface area contributed by atoms with E-state index in [1.165, 1.54) is 19.3 Å². The van der Waals surface area contributed by atoms with Crippen molar-refractivity contribution in [1.29, 1.82) is 0 Å². The first kappa shape index (κ1) is 17.3. The van der Waals surface area contributed by atoms with Gasteiger partial charge in [0.2, 0.25) is 0 Å². The monoisotopic (exact) mass is 339 g/mol. The predicted molar refractivity (Wildman–Crippen MR) is 103 cm³/mol. The molecule has 4 heteroatoms. The minimum absolute atomic E-state index is 0.328. The molecule has 2 aromatic carbocycles. The molecule has 0 aliphatic carbocycles. The molecule has 0 saturated carbocycles. The van der Waals surface area contributed by atoms with E-state index < -0.39 is 0 Å². The summed E-state index contributed by atoms with van der Waals surface area (Å²) < 4.78 is 17.1. The number of unbranched alkanes of at least 4 members (excludes halogenated alkanes) is 3. The number of para-hydroxylation sites is 1. The highest BCUT2D eigenvalue weighted by Gasteiger charge is 2.08. The van der Waals surface area contributed by atoms with Crippen molar-refractivity contribution >= 4 is 33.7 Å². The van der Waals surface area contributed by atoms with E-state index in [4.69, 9.17) is 13.9 Å². The highest BCUT2D eigenvalue weighted by Crippen LogP contribution is 2.31. The number of hydrogen-bond donors (Lipinski definition) is 0. The Bertz CT molecular complexity index is 851. The molecule has 0 spiro atoms. The number of fused-ring (bicyclic) bond motifs is 3. The smallest absolute Gasteiger partial charge is 0.388 e. The quantitative estimate of drug-likeness (QED) is 0.292. The Morgan fingerprint density at radius 2 is 1.76 bits per heavy atom. The summed E-state index contributed by atoms with van der Waals surface area (Å²) in [6, 6.07) is 14.0. The number of ether oxygens (including phenoxy) is 2. The largest absolute Gasteiger partial charge is 0.456 e. The highest BCUT2D eigenvalue weighted by atomic mass is 16.7. The van der Waals surface area contributed by atoms with Crippen molar-refractivity contribution in [3.63, 3.8) is 0 Å². The maximum atomic E-state index is 5.91. The molecule has 0 amide bonds. The van der Waals surface area contributed by atoms with Crippen LogP contribution in [0.2, 0.25) is 0 Å². The summed E-state index contributed by atoms with van der Waals surface area (Å²) in [4.78, 5) is 4.50. The molecule has 0 bridgehead atoms. The Kier molecular flexibility index (Phi) is 5.94. The molecule has 1 aromatic heterocycles. The van der Waals surface area contributed by atoms with Crippen LogP contribution in [0.1, 0.15) is 39.5 Å². The third-order valence-electron chi connectivity index (χ3n) is 4.07. The maximum Gasteiger partial charge on any atom is 0.388 e. The van der Waals surface area contributed by atoms with Gasteiger partial charge in [-0.25, -0.2) is 0 Å².